The van der Waals surface area contributed by atoms with Gasteiger partial charge in [0.2, 0.25) is 5.91 Å². The lowest BCUT2D eigenvalue weighted by Gasteiger charge is -2.11. The Balaban J connectivity index is 1.54. The van der Waals surface area contributed by atoms with Gasteiger partial charge >= 0.3 is 0 Å². The SMILES string of the molecule is Cc1ccc([N+](=O)[O-])cc1NC(=O)CSc1nnc(-c2ccc(F)cc2)n1Cc1ccccc1. The number of thioether (sulfide) groups is 1. The van der Waals surface area contributed by atoms with Crippen molar-refractivity contribution in [2.75, 3.05) is 11.1 Å². The standard InChI is InChI=1S/C24H20FN5O3S/c1-16-7-12-20(30(32)33)13-21(16)26-22(31)15-34-24-28-27-23(18-8-10-19(25)11-9-18)29(24)14-17-5-3-2-4-6-17/h2-13H,14-15H2,1H3,(H,26,31). The first-order valence-corrected chi connectivity index (χ1v) is 11.3. The molecule has 0 saturated carbocycles. The highest BCUT2D eigenvalue weighted by Gasteiger charge is 2.17. The van der Waals surface area contributed by atoms with Crippen LogP contribution in [0.3, 0.4) is 0 Å². The Morgan fingerprint density at radius 1 is 1.09 bits per heavy atom. The Bertz CT molecular complexity index is 1330. The molecule has 1 aromatic heterocycles. The molecule has 0 aliphatic heterocycles. The summed E-state index contributed by atoms with van der Waals surface area (Å²) in [4.78, 5) is 23.1. The van der Waals surface area contributed by atoms with E-state index in [-0.39, 0.29) is 23.2 Å². The fraction of sp³-hybridized carbons (Fsp3) is 0.125. The Hall–Kier alpha value is -4.05. The zero-order valence-electron chi connectivity index (χ0n) is 18.1. The van der Waals surface area contributed by atoms with Gasteiger partial charge in [-0.15, -0.1) is 10.2 Å². The summed E-state index contributed by atoms with van der Waals surface area (Å²) in [6.07, 6.45) is 0. The molecule has 0 saturated heterocycles. The zero-order valence-corrected chi connectivity index (χ0v) is 19.0. The number of nitro groups is 1. The molecule has 1 N–H and O–H groups in total. The summed E-state index contributed by atoms with van der Waals surface area (Å²) in [5.41, 5.74) is 2.73. The average molecular weight is 478 g/mol. The molecule has 0 bridgehead atoms. The minimum Gasteiger partial charge on any atom is -0.325 e. The number of halogens is 1. The van der Waals surface area contributed by atoms with Crippen LogP contribution in [0, 0.1) is 22.9 Å². The number of carbonyl (C=O) groups is 1. The van der Waals surface area contributed by atoms with Crippen molar-refractivity contribution < 1.29 is 14.1 Å². The second kappa shape index (κ2) is 10.3. The van der Waals surface area contributed by atoms with Gasteiger partial charge in [0.1, 0.15) is 5.82 Å². The first-order valence-electron chi connectivity index (χ1n) is 10.3. The summed E-state index contributed by atoms with van der Waals surface area (Å²) in [7, 11) is 0. The van der Waals surface area contributed by atoms with Crippen LogP contribution in [0.25, 0.3) is 11.4 Å². The van der Waals surface area contributed by atoms with Crippen molar-refractivity contribution >= 4 is 29.0 Å². The van der Waals surface area contributed by atoms with Crippen LogP contribution in [0.1, 0.15) is 11.1 Å². The van der Waals surface area contributed by atoms with Gasteiger partial charge in [0, 0.05) is 17.7 Å². The molecule has 0 unspecified atom stereocenters. The van der Waals surface area contributed by atoms with Crippen LogP contribution in [0.2, 0.25) is 0 Å². The van der Waals surface area contributed by atoms with Crippen molar-refractivity contribution in [1.29, 1.82) is 0 Å². The monoisotopic (exact) mass is 477 g/mol. The van der Waals surface area contributed by atoms with Crippen LogP contribution in [0.4, 0.5) is 15.8 Å². The molecule has 0 aliphatic carbocycles. The lowest BCUT2D eigenvalue weighted by Crippen LogP contribution is -2.15. The van der Waals surface area contributed by atoms with Crippen molar-refractivity contribution in [2.24, 2.45) is 0 Å². The van der Waals surface area contributed by atoms with E-state index in [0.717, 1.165) is 11.1 Å². The van der Waals surface area contributed by atoms with Gasteiger partial charge in [-0.1, -0.05) is 48.2 Å². The molecule has 0 radical (unpaired) electrons. The van der Waals surface area contributed by atoms with E-state index in [4.69, 9.17) is 0 Å². The van der Waals surface area contributed by atoms with E-state index in [1.165, 1.54) is 36.0 Å². The highest BCUT2D eigenvalue weighted by Crippen LogP contribution is 2.26. The van der Waals surface area contributed by atoms with Gasteiger partial charge in [-0.05, 0) is 42.3 Å². The third-order valence-corrected chi connectivity index (χ3v) is 6.01. The summed E-state index contributed by atoms with van der Waals surface area (Å²) in [6.45, 7) is 2.23. The molecule has 172 valence electrons. The molecular formula is C24H20FN5O3S. The molecule has 3 aromatic carbocycles. The smallest absolute Gasteiger partial charge is 0.271 e. The highest BCUT2D eigenvalue weighted by atomic mass is 32.2. The minimum atomic E-state index is -0.507. The normalized spacial score (nSPS) is 10.8. The molecule has 8 nitrogen and oxygen atoms in total. The lowest BCUT2D eigenvalue weighted by molar-refractivity contribution is -0.384. The van der Waals surface area contributed by atoms with Crippen molar-refractivity contribution in [3.8, 4) is 11.4 Å². The third kappa shape index (κ3) is 5.46. The minimum absolute atomic E-state index is 0.0263. The lowest BCUT2D eigenvalue weighted by atomic mass is 10.2. The predicted molar refractivity (Wildman–Crippen MR) is 128 cm³/mol. The molecule has 0 fully saturated rings. The maximum absolute atomic E-state index is 13.4. The fourth-order valence-electron chi connectivity index (χ4n) is 3.29. The van der Waals surface area contributed by atoms with Crippen LogP contribution in [-0.2, 0) is 11.3 Å². The van der Waals surface area contributed by atoms with Crippen LogP contribution < -0.4 is 5.32 Å². The van der Waals surface area contributed by atoms with Crippen LogP contribution in [0.15, 0.2) is 78.0 Å². The third-order valence-electron chi connectivity index (χ3n) is 5.04. The van der Waals surface area contributed by atoms with Gasteiger partial charge in [-0.25, -0.2) is 4.39 Å². The Kier molecular flexibility index (Phi) is 6.98. The molecule has 0 aliphatic rings. The Morgan fingerprint density at radius 3 is 2.53 bits per heavy atom. The van der Waals surface area contributed by atoms with Crippen molar-refractivity contribution in [3.63, 3.8) is 0 Å². The number of hydrogen-bond donors (Lipinski definition) is 1. The number of non-ortho nitro benzene ring substituents is 1. The van der Waals surface area contributed by atoms with Gasteiger partial charge < -0.3 is 5.32 Å². The molecule has 10 heteroatoms. The van der Waals surface area contributed by atoms with Crippen molar-refractivity contribution in [3.05, 3.63) is 99.9 Å². The zero-order chi connectivity index (χ0) is 24.1. The van der Waals surface area contributed by atoms with Crippen LogP contribution in [0.5, 0.6) is 0 Å². The largest absolute Gasteiger partial charge is 0.325 e. The van der Waals surface area contributed by atoms with Gasteiger partial charge in [-0.3, -0.25) is 19.5 Å². The number of aryl methyl sites for hydroxylation is 1. The fourth-order valence-corrected chi connectivity index (χ4v) is 4.03. The molecule has 34 heavy (non-hydrogen) atoms. The van der Waals surface area contributed by atoms with E-state index in [1.54, 1.807) is 25.1 Å². The van der Waals surface area contributed by atoms with Crippen molar-refractivity contribution in [2.45, 2.75) is 18.6 Å². The van der Waals surface area contributed by atoms with E-state index in [1.807, 2.05) is 34.9 Å². The molecule has 4 aromatic rings. The average Bonchev–Trinajstić information content (AvgIpc) is 3.22. The topological polar surface area (TPSA) is 103 Å². The maximum atomic E-state index is 13.4. The summed E-state index contributed by atoms with van der Waals surface area (Å²) in [6, 6.07) is 20.0. The number of nitrogens with zero attached hydrogens (tertiary/aromatic N) is 4. The molecule has 1 heterocycles. The number of rotatable bonds is 8. The highest BCUT2D eigenvalue weighted by molar-refractivity contribution is 7.99. The summed E-state index contributed by atoms with van der Waals surface area (Å²) < 4.78 is 15.3. The van der Waals surface area contributed by atoms with Gasteiger partial charge in [0.05, 0.1) is 22.9 Å². The number of nitrogens with one attached hydrogen (secondary N) is 1. The number of aromatic nitrogens is 3. The number of nitro benzene ring substituents is 1. The van der Waals surface area contributed by atoms with E-state index < -0.39 is 4.92 Å². The summed E-state index contributed by atoms with van der Waals surface area (Å²) in [5, 5.41) is 22.8. The van der Waals surface area contributed by atoms with Crippen molar-refractivity contribution in [1.82, 2.24) is 14.8 Å². The molecular weight excluding hydrogens is 457 g/mol. The number of amides is 1. The van der Waals surface area contributed by atoms with E-state index in [2.05, 4.69) is 15.5 Å². The van der Waals surface area contributed by atoms with E-state index >= 15 is 0 Å². The second-order valence-electron chi connectivity index (χ2n) is 7.48. The van der Waals surface area contributed by atoms with E-state index in [9.17, 15) is 19.3 Å². The molecule has 0 spiro atoms. The maximum Gasteiger partial charge on any atom is 0.271 e. The molecule has 4 rings (SSSR count). The molecule has 0 atom stereocenters. The molecule has 1 amide bonds. The Labute approximate surface area is 199 Å². The number of hydrogen-bond acceptors (Lipinski definition) is 6. The number of benzene rings is 3. The second-order valence-corrected chi connectivity index (χ2v) is 8.42. The number of anilines is 1. The number of carbonyl (C=O) groups excluding carboxylic acids is 1. The van der Waals surface area contributed by atoms with Gasteiger partial charge in [-0.2, -0.15) is 0 Å². The van der Waals surface area contributed by atoms with E-state index in [0.29, 0.717) is 28.8 Å². The first kappa shape index (κ1) is 23.1. The Morgan fingerprint density at radius 2 is 1.82 bits per heavy atom. The summed E-state index contributed by atoms with van der Waals surface area (Å²) in [5.74, 6) is -0.0913. The summed E-state index contributed by atoms with van der Waals surface area (Å²) >= 11 is 1.20. The predicted octanol–water partition coefficient (Wildman–Crippen LogP) is 5.08. The first-order chi connectivity index (χ1) is 16.4. The van der Waals surface area contributed by atoms with Crippen LogP contribution >= 0.6 is 11.8 Å². The van der Waals surface area contributed by atoms with Crippen LogP contribution in [-0.4, -0.2) is 31.3 Å². The van der Waals surface area contributed by atoms with Gasteiger partial charge in [0.15, 0.2) is 11.0 Å². The van der Waals surface area contributed by atoms with Gasteiger partial charge in [0.25, 0.3) is 5.69 Å². The quantitative estimate of drug-likeness (QED) is 0.216.